The van der Waals surface area contributed by atoms with Crippen LogP contribution in [0.5, 0.6) is 5.75 Å². The van der Waals surface area contributed by atoms with E-state index in [1.165, 1.54) is 23.0 Å². The van der Waals surface area contributed by atoms with Crippen molar-refractivity contribution >= 4 is 23.5 Å². The van der Waals surface area contributed by atoms with E-state index in [4.69, 9.17) is 4.74 Å². The zero-order valence-corrected chi connectivity index (χ0v) is 16.9. The SMILES string of the molecule is CCSCCN(CCSCC)Cc1ccc(OC(C)(C)C)cn1. The monoisotopic (exact) mass is 356 g/mol. The fourth-order valence-electron chi connectivity index (χ4n) is 2.09. The van der Waals surface area contributed by atoms with Gasteiger partial charge in [0.25, 0.3) is 0 Å². The molecule has 0 unspecified atom stereocenters. The van der Waals surface area contributed by atoms with Crippen LogP contribution in [0.15, 0.2) is 18.3 Å². The molecule has 1 rings (SSSR count). The lowest BCUT2D eigenvalue weighted by Gasteiger charge is -2.23. The zero-order chi connectivity index (χ0) is 17.1. The second-order valence-corrected chi connectivity index (χ2v) is 9.16. The van der Waals surface area contributed by atoms with Crippen molar-refractivity contribution < 1.29 is 4.74 Å². The van der Waals surface area contributed by atoms with Crippen molar-refractivity contribution in [3.63, 3.8) is 0 Å². The van der Waals surface area contributed by atoms with Crippen LogP contribution in [0.4, 0.5) is 0 Å². The maximum Gasteiger partial charge on any atom is 0.138 e. The molecule has 1 aromatic heterocycles. The Hall–Kier alpha value is -0.390. The van der Waals surface area contributed by atoms with Crippen LogP contribution in [0.3, 0.4) is 0 Å². The van der Waals surface area contributed by atoms with Gasteiger partial charge in [0.1, 0.15) is 11.4 Å². The van der Waals surface area contributed by atoms with E-state index in [9.17, 15) is 0 Å². The first kappa shape index (κ1) is 20.7. The van der Waals surface area contributed by atoms with Gasteiger partial charge in [0.2, 0.25) is 0 Å². The van der Waals surface area contributed by atoms with Gasteiger partial charge in [0.15, 0.2) is 0 Å². The Morgan fingerprint density at radius 2 is 1.65 bits per heavy atom. The largest absolute Gasteiger partial charge is 0.487 e. The van der Waals surface area contributed by atoms with Crippen molar-refractivity contribution in [1.29, 1.82) is 0 Å². The number of ether oxygens (including phenoxy) is 1. The van der Waals surface area contributed by atoms with E-state index in [0.29, 0.717) is 0 Å². The third-order valence-electron chi connectivity index (χ3n) is 3.12. The summed E-state index contributed by atoms with van der Waals surface area (Å²) in [7, 11) is 0. The molecule has 0 saturated heterocycles. The molecule has 0 aromatic carbocycles. The Balaban J connectivity index is 2.55. The quantitative estimate of drug-likeness (QED) is 0.541. The van der Waals surface area contributed by atoms with Gasteiger partial charge in [-0.05, 0) is 44.4 Å². The minimum absolute atomic E-state index is 0.177. The summed E-state index contributed by atoms with van der Waals surface area (Å²) in [6.07, 6.45) is 1.85. The molecule has 0 spiro atoms. The molecule has 0 bridgehead atoms. The molecule has 3 nitrogen and oxygen atoms in total. The lowest BCUT2D eigenvalue weighted by molar-refractivity contribution is 0.130. The van der Waals surface area contributed by atoms with Crippen LogP contribution in [-0.4, -0.2) is 51.6 Å². The van der Waals surface area contributed by atoms with Gasteiger partial charge in [-0.15, -0.1) is 0 Å². The van der Waals surface area contributed by atoms with E-state index in [1.54, 1.807) is 0 Å². The molecule has 0 atom stereocenters. The van der Waals surface area contributed by atoms with Gasteiger partial charge in [0.05, 0.1) is 11.9 Å². The molecule has 5 heteroatoms. The zero-order valence-electron chi connectivity index (χ0n) is 15.3. The number of thioether (sulfide) groups is 2. The molecule has 23 heavy (non-hydrogen) atoms. The summed E-state index contributed by atoms with van der Waals surface area (Å²) < 4.78 is 5.84. The lowest BCUT2D eigenvalue weighted by atomic mass is 10.2. The maximum absolute atomic E-state index is 5.84. The summed E-state index contributed by atoms with van der Waals surface area (Å²) in [6.45, 7) is 13.8. The molecular formula is C18H32N2OS2. The normalized spacial score (nSPS) is 11.9. The molecule has 0 radical (unpaired) electrons. The van der Waals surface area contributed by atoms with Gasteiger partial charge < -0.3 is 4.74 Å². The van der Waals surface area contributed by atoms with Crippen LogP contribution >= 0.6 is 23.5 Å². The highest BCUT2D eigenvalue weighted by molar-refractivity contribution is 7.99. The number of hydrogen-bond donors (Lipinski definition) is 0. The first-order valence-corrected chi connectivity index (χ1v) is 10.8. The molecule has 132 valence electrons. The van der Waals surface area contributed by atoms with Crippen LogP contribution in [0.1, 0.15) is 40.3 Å². The van der Waals surface area contributed by atoms with Crippen LogP contribution in [-0.2, 0) is 6.54 Å². The molecule has 0 aliphatic carbocycles. The fraction of sp³-hybridized carbons (Fsp3) is 0.722. The summed E-state index contributed by atoms with van der Waals surface area (Å²) in [5.41, 5.74) is 0.943. The van der Waals surface area contributed by atoms with Crippen molar-refractivity contribution in [2.24, 2.45) is 0 Å². The number of hydrogen-bond acceptors (Lipinski definition) is 5. The highest BCUT2D eigenvalue weighted by Crippen LogP contribution is 2.17. The van der Waals surface area contributed by atoms with Crippen molar-refractivity contribution in [2.45, 2.75) is 46.8 Å². The first-order valence-electron chi connectivity index (χ1n) is 8.46. The van der Waals surface area contributed by atoms with E-state index in [-0.39, 0.29) is 5.60 Å². The third-order valence-corrected chi connectivity index (χ3v) is 4.88. The predicted molar refractivity (Wildman–Crippen MR) is 106 cm³/mol. The topological polar surface area (TPSA) is 25.4 Å². The van der Waals surface area contributed by atoms with Crippen LogP contribution in [0, 0.1) is 0 Å². The average molecular weight is 357 g/mol. The number of rotatable bonds is 11. The van der Waals surface area contributed by atoms with Crippen molar-refractivity contribution in [3.8, 4) is 5.75 Å². The summed E-state index contributed by atoms with van der Waals surface area (Å²) in [5, 5.41) is 0. The molecule has 0 amide bonds. The Morgan fingerprint density at radius 3 is 2.09 bits per heavy atom. The summed E-state index contributed by atoms with van der Waals surface area (Å²) in [6, 6.07) is 4.13. The van der Waals surface area contributed by atoms with Gasteiger partial charge >= 0.3 is 0 Å². The molecule has 0 aliphatic heterocycles. The summed E-state index contributed by atoms with van der Waals surface area (Å²) >= 11 is 4.01. The summed E-state index contributed by atoms with van der Waals surface area (Å²) in [5.74, 6) is 5.61. The molecule has 1 aromatic rings. The number of nitrogens with zero attached hydrogens (tertiary/aromatic N) is 2. The standard InChI is InChI=1S/C18H32N2OS2/c1-6-22-12-10-20(11-13-23-7-2)15-16-8-9-17(14-19-16)21-18(3,4)5/h8-9,14H,6-7,10-13,15H2,1-5H3. The Bertz CT molecular complexity index is 408. The predicted octanol–water partition coefficient (Wildman–Crippen LogP) is 4.57. The fourth-order valence-corrected chi connectivity index (χ4v) is 3.45. The maximum atomic E-state index is 5.84. The van der Waals surface area contributed by atoms with Crippen LogP contribution in [0.2, 0.25) is 0 Å². The molecule has 0 N–H and O–H groups in total. The van der Waals surface area contributed by atoms with Gasteiger partial charge in [-0.2, -0.15) is 23.5 Å². The van der Waals surface area contributed by atoms with E-state index < -0.39 is 0 Å². The van der Waals surface area contributed by atoms with E-state index >= 15 is 0 Å². The first-order chi connectivity index (χ1) is 10.9. The van der Waals surface area contributed by atoms with Crippen molar-refractivity contribution in [1.82, 2.24) is 9.88 Å². The minimum Gasteiger partial charge on any atom is -0.487 e. The summed E-state index contributed by atoms with van der Waals surface area (Å²) in [4.78, 5) is 7.09. The number of pyridine rings is 1. The average Bonchev–Trinajstić information content (AvgIpc) is 2.48. The molecule has 0 fully saturated rings. The highest BCUT2D eigenvalue weighted by Gasteiger charge is 2.12. The Labute approximate surface area is 151 Å². The second-order valence-electron chi connectivity index (χ2n) is 6.37. The van der Waals surface area contributed by atoms with Crippen molar-refractivity contribution in [2.75, 3.05) is 36.1 Å². The van der Waals surface area contributed by atoms with Gasteiger partial charge in [-0.25, -0.2) is 0 Å². The van der Waals surface area contributed by atoms with Crippen LogP contribution in [0.25, 0.3) is 0 Å². The van der Waals surface area contributed by atoms with Gasteiger partial charge in [-0.3, -0.25) is 9.88 Å². The third kappa shape index (κ3) is 10.2. The van der Waals surface area contributed by atoms with Gasteiger partial charge in [0, 0.05) is 31.1 Å². The Kier molecular flexibility index (Phi) is 10.1. The van der Waals surface area contributed by atoms with E-state index in [1.807, 2.05) is 35.8 Å². The molecule has 0 aliphatic rings. The van der Waals surface area contributed by atoms with Crippen molar-refractivity contribution in [3.05, 3.63) is 24.0 Å². The van der Waals surface area contributed by atoms with E-state index in [0.717, 1.165) is 31.1 Å². The minimum atomic E-state index is -0.177. The molecular weight excluding hydrogens is 324 g/mol. The molecule has 1 heterocycles. The van der Waals surface area contributed by atoms with Crippen LogP contribution < -0.4 is 4.74 Å². The Morgan fingerprint density at radius 1 is 1.04 bits per heavy atom. The highest BCUT2D eigenvalue weighted by atomic mass is 32.2. The smallest absolute Gasteiger partial charge is 0.138 e. The lowest BCUT2D eigenvalue weighted by Crippen LogP contribution is -2.29. The number of aromatic nitrogens is 1. The molecule has 0 saturated carbocycles. The van der Waals surface area contributed by atoms with E-state index in [2.05, 4.69) is 50.6 Å². The second kappa shape index (κ2) is 11.2. The van der Waals surface area contributed by atoms with Gasteiger partial charge in [-0.1, -0.05) is 13.8 Å².